The van der Waals surface area contributed by atoms with Crippen molar-refractivity contribution in [3.05, 3.63) is 11.6 Å². The maximum absolute atomic E-state index is 12.4. The van der Waals surface area contributed by atoms with Gasteiger partial charge in [0.2, 0.25) is 5.91 Å². The molecule has 7 heteroatoms. The lowest BCUT2D eigenvalue weighted by Crippen LogP contribution is -2.51. The Balaban J connectivity index is 1.20. The van der Waals surface area contributed by atoms with Gasteiger partial charge in [0.25, 0.3) is 5.91 Å². The molecule has 0 aromatic rings. The van der Waals surface area contributed by atoms with E-state index in [1.807, 2.05) is 0 Å². The van der Waals surface area contributed by atoms with E-state index in [2.05, 4.69) is 35.7 Å². The highest BCUT2D eigenvalue weighted by atomic mass is 16.6. The van der Waals surface area contributed by atoms with Gasteiger partial charge in [-0.1, -0.05) is 24.6 Å². The molecule has 1 saturated heterocycles. The van der Waals surface area contributed by atoms with E-state index in [0.717, 1.165) is 50.2 Å². The van der Waals surface area contributed by atoms with Crippen molar-refractivity contribution in [2.24, 2.45) is 39.7 Å². The van der Waals surface area contributed by atoms with Gasteiger partial charge >= 0.3 is 0 Å². The molecule has 0 aromatic carbocycles. The molecule has 2 N–H and O–H groups in total. The summed E-state index contributed by atoms with van der Waals surface area (Å²) in [5, 5.41) is 9.93. The highest BCUT2D eigenvalue weighted by Crippen LogP contribution is 2.66. The minimum atomic E-state index is -0.480. The number of nitrogens with one attached hydrogen (secondary N) is 2. The van der Waals surface area contributed by atoms with E-state index >= 15 is 0 Å². The van der Waals surface area contributed by atoms with Crippen molar-refractivity contribution in [2.45, 2.75) is 97.4 Å². The summed E-state index contributed by atoms with van der Waals surface area (Å²) in [7, 11) is 0. The number of hydrogen-bond donors (Lipinski definition) is 2. The van der Waals surface area contributed by atoms with E-state index in [-0.39, 0.29) is 35.2 Å². The van der Waals surface area contributed by atoms with Crippen LogP contribution < -0.4 is 10.6 Å². The molecule has 0 unspecified atom stereocenters. The zero-order valence-corrected chi connectivity index (χ0v) is 22.2. The number of oxime groups is 1. The summed E-state index contributed by atoms with van der Waals surface area (Å²) in [6.07, 6.45) is 13.6. The van der Waals surface area contributed by atoms with Crippen LogP contribution in [0.4, 0.5) is 0 Å². The quantitative estimate of drug-likeness (QED) is 0.553. The highest BCUT2D eigenvalue weighted by molar-refractivity contribution is 5.96. The molecule has 7 nitrogen and oxygen atoms in total. The van der Waals surface area contributed by atoms with Crippen LogP contribution in [-0.2, 0) is 19.2 Å². The molecule has 0 aromatic heterocycles. The van der Waals surface area contributed by atoms with Gasteiger partial charge in [-0.05, 0) is 112 Å². The summed E-state index contributed by atoms with van der Waals surface area (Å²) in [5.74, 6) is 2.30. The van der Waals surface area contributed by atoms with E-state index in [1.165, 1.54) is 31.3 Å². The number of nitrogens with zero attached hydrogens (tertiary/aromatic N) is 1. The summed E-state index contributed by atoms with van der Waals surface area (Å²) >= 11 is 0. The lowest BCUT2D eigenvalue weighted by atomic mass is 9.46. The van der Waals surface area contributed by atoms with Crippen LogP contribution in [0.15, 0.2) is 16.8 Å². The Morgan fingerprint density at radius 3 is 2.72 bits per heavy atom. The molecule has 1 aliphatic heterocycles. The molecule has 4 aliphatic carbocycles. The standard InChI is InChI=1S/C29H43N3O4/c1-18(33)22-9-10-23-21-8-7-19-16-20(11-13-28(19,2)24(21)12-14-29(22,23)3)32-36-17-26(34)31-25-6-4-5-15-30-27(25)35/h16,21-25H,4-15,17H2,1-3H3,(H,30,35)(H,31,34)/b32-20-/t21-,22+,23-,24-,25-,28-,29+/m0/s1. The van der Waals surface area contributed by atoms with Gasteiger partial charge in [0.1, 0.15) is 11.8 Å². The monoisotopic (exact) mass is 497 g/mol. The van der Waals surface area contributed by atoms with Crippen LogP contribution >= 0.6 is 0 Å². The third-order valence-electron chi connectivity index (χ3n) is 10.7. The summed E-state index contributed by atoms with van der Waals surface area (Å²) in [4.78, 5) is 42.2. The second kappa shape index (κ2) is 9.94. The highest BCUT2D eigenvalue weighted by Gasteiger charge is 2.59. The third-order valence-corrected chi connectivity index (χ3v) is 10.7. The van der Waals surface area contributed by atoms with Crippen molar-refractivity contribution < 1.29 is 19.2 Å². The van der Waals surface area contributed by atoms with E-state index in [1.54, 1.807) is 6.92 Å². The maximum Gasteiger partial charge on any atom is 0.261 e. The SMILES string of the molecule is CC(=O)[C@H]1CC[C@H]2[C@@H]3CCC4=C/C(=N\OCC(=O)N[C@H]5CCCCNC5=O)CC[C@]4(C)[C@H]3CC[C@]12C. The van der Waals surface area contributed by atoms with Gasteiger partial charge in [0, 0.05) is 12.5 Å². The Hall–Kier alpha value is -2.18. The van der Waals surface area contributed by atoms with Gasteiger partial charge in [0.05, 0.1) is 5.71 Å². The van der Waals surface area contributed by atoms with Crippen LogP contribution in [0, 0.1) is 34.5 Å². The van der Waals surface area contributed by atoms with Crippen molar-refractivity contribution in [3.8, 4) is 0 Å². The number of carbonyl (C=O) groups excluding carboxylic acids is 3. The van der Waals surface area contributed by atoms with Crippen LogP contribution in [0.5, 0.6) is 0 Å². The predicted molar refractivity (Wildman–Crippen MR) is 138 cm³/mol. The average Bonchev–Trinajstić information content (AvgIpc) is 3.08. The molecule has 5 rings (SSSR count). The first-order valence-electron chi connectivity index (χ1n) is 14.2. The fourth-order valence-corrected chi connectivity index (χ4v) is 8.80. The lowest BCUT2D eigenvalue weighted by molar-refractivity contribution is -0.131. The average molecular weight is 498 g/mol. The maximum atomic E-state index is 12.4. The second-order valence-electron chi connectivity index (χ2n) is 12.6. The Labute approximate surface area is 215 Å². The molecule has 1 heterocycles. The lowest BCUT2D eigenvalue weighted by Gasteiger charge is -2.58. The minimum Gasteiger partial charge on any atom is -0.385 e. The van der Waals surface area contributed by atoms with Crippen LogP contribution in [0.25, 0.3) is 0 Å². The van der Waals surface area contributed by atoms with Gasteiger partial charge in [-0.25, -0.2) is 0 Å². The van der Waals surface area contributed by atoms with Crippen molar-refractivity contribution >= 4 is 23.3 Å². The van der Waals surface area contributed by atoms with Crippen molar-refractivity contribution in [3.63, 3.8) is 0 Å². The van der Waals surface area contributed by atoms with E-state index in [0.29, 0.717) is 30.6 Å². The van der Waals surface area contributed by atoms with Crippen LogP contribution in [0.1, 0.15) is 91.4 Å². The van der Waals surface area contributed by atoms with Gasteiger partial charge in [-0.15, -0.1) is 0 Å². The zero-order valence-electron chi connectivity index (χ0n) is 22.2. The molecule has 0 spiro atoms. The van der Waals surface area contributed by atoms with Crippen molar-refractivity contribution in [2.75, 3.05) is 13.2 Å². The zero-order chi connectivity index (χ0) is 25.5. The van der Waals surface area contributed by atoms with Crippen LogP contribution in [-0.4, -0.2) is 42.5 Å². The first-order chi connectivity index (χ1) is 17.2. The second-order valence-corrected chi connectivity index (χ2v) is 12.6. The molecule has 5 aliphatic rings. The molecule has 36 heavy (non-hydrogen) atoms. The molecule has 0 radical (unpaired) electrons. The van der Waals surface area contributed by atoms with Crippen molar-refractivity contribution in [1.82, 2.24) is 10.6 Å². The summed E-state index contributed by atoms with van der Waals surface area (Å²) in [6, 6.07) is -0.480. The Bertz CT molecular complexity index is 974. The van der Waals surface area contributed by atoms with Gasteiger partial charge in [-0.3, -0.25) is 14.4 Å². The Morgan fingerprint density at radius 1 is 1.08 bits per heavy atom. The van der Waals surface area contributed by atoms with E-state index in [4.69, 9.17) is 4.84 Å². The van der Waals surface area contributed by atoms with Crippen molar-refractivity contribution in [1.29, 1.82) is 0 Å². The number of rotatable bonds is 5. The number of hydrogen-bond acceptors (Lipinski definition) is 5. The molecule has 0 bridgehead atoms. The van der Waals surface area contributed by atoms with Gasteiger partial charge < -0.3 is 15.5 Å². The number of ketones is 1. The first kappa shape index (κ1) is 25.5. The number of amides is 2. The molecule has 2 amide bonds. The molecular formula is C29H43N3O4. The Morgan fingerprint density at radius 2 is 1.92 bits per heavy atom. The normalized spacial score (nSPS) is 41.2. The predicted octanol–water partition coefficient (Wildman–Crippen LogP) is 4.31. The number of Topliss-reactive ketones (excluding diaryl/α,β-unsaturated/α-hetero) is 1. The Kier molecular flexibility index (Phi) is 7.03. The van der Waals surface area contributed by atoms with E-state index < -0.39 is 6.04 Å². The summed E-state index contributed by atoms with van der Waals surface area (Å²) in [6.45, 7) is 7.16. The fourth-order valence-electron chi connectivity index (χ4n) is 8.80. The summed E-state index contributed by atoms with van der Waals surface area (Å²) in [5.41, 5.74) is 2.79. The number of carbonyl (C=O) groups is 3. The molecule has 198 valence electrons. The molecular weight excluding hydrogens is 454 g/mol. The smallest absolute Gasteiger partial charge is 0.261 e. The number of fused-ring (bicyclic) bond motifs is 5. The summed E-state index contributed by atoms with van der Waals surface area (Å²) < 4.78 is 0. The minimum absolute atomic E-state index is 0.114. The van der Waals surface area contributed by atoms with E-state index in [9.17, 15) is 14.4 Å². The number of allylic oxidation sites excluding steroid dienone is 2. The molecule has 4 fully saturated rings. The van der Waals surface area contributed by atoms with Crippen LogP contribution in [0.3, 0.4) is 0 Å². The molecule has 3 saturated carbocycles. The van der Waals surface area contributed by atoms with Gasteiger partial charge in [0.15, 0.2) is 6.61 Å². The molecule has 7 atom stereocenters. The van der Waals surface area contributed by atoms with Gasteiger partial charge in [-0.2, -0.15) is 0 Å². The topological polar surface area (TPSA) is 96.9 Å². The first-order valence-corrected chi connectivity index (χ1v) is 14.2. The largest absolute Gasteiger partial charge is 0.385 e. The fraction of sp³-hybridized carbons (Fsp3) is 0.793. The third kappa shape index (κ3) is 4.51. The van der Waals surface area contributed by atoms with Crippen LogP contribution in [0.2, 0.25) is 0 Å².